The minimum Gasteiger partial charge on any atom is -0.488 e. The van der Waals surface area contributed by atoms with Crippen LogP contribution < -0.4 is 14.8 Å². The molecule has 2 aromatic carbocycles. The number of nitrogens with one attached hydrogen (secondary N) is 2. The zero-order valence-corrected chi connectivity index (χ0v) is 18.1. The highest BCUT2D eigenvalue weighted by Gasteiger charge is 2.13. The van der Waals surface area contributed by atoms with Crippen molar-refractivity contribution in [2.45, 2.75) is 17.9 Å². The molecule has 1 heterocycles. The van der Waals surface area contributed by atoms with Gasteiger partial charge in [0.2, 0.25) is 0 Å². The van der Waals surface area contributed by atoms with Gasteiger partial charge in [-0.2, -0.15) is 0 Å². The van der Waals surface area contributed by atoms with E-state index in [-0.39, 0.29) is 16.8 Å². The molecule has 3 aromatic rings. The van der Waals surface area contributed by atoms with Gasteiger partial charge in [0.15, 0.2) is 15.7 Å². The number of hydrogen-bond acceptors (Lipinski definition) is 7. The molecular weight excluding hydrogens is 422 g/mol. The van der Waals surface area contributed by atoms with Crippen molar-refractivity contribution in [3.63, 3.8) is 0 Å². The molecule has 0 aliphatic carbocycles. The topological polar surface area (TPSA) is 120 Å². The number of aromatic nitrogens is 2. The summed E-state index contributed by atoms with van der Waals surface area (Å²) in [5.41, 5.74) is 0.436. The van der Waals surface area contributed by atoms with Crippen LogP contribution in [0.4, 0.5) is 5.69 Å². The lowest BCUT2D eigenvalue weighted by molar-refractivity contribution is 0.0920. The molecule has 10 heteroatoms. The number of rotatable bonds is 9. The first kappa shape index (κ1) is 22.3. The summed E-state index contributed by atoms with van der Waals surface area (Å²) < 4.78 is 40.1. The Morgan fingerprint density at radius 1 is 1.13 bits per heavy atom. The third kappa shape index (κ3) is 6.30. The van der Waals surface area contributed by atoms with Crippen LogP contribution in [0.3, 0.4) is 0 Å². The number of aromatic amines is 1. The number of imidazole rings is 1. The molecule has 0 spiro atoms. The molecule has 1 aromatic heterocycles. The fourth-order valence-corrected chi connectivity index (χ4v) is 3.37. The molecule has 0 radical (unpaired) electrons. The van der Waals surface area contributed by atoms with Crippen LogP contribution in [0.5, 0.6) is 17.2 Å². The molecule has 0 bridgehead atoms. The SMILES string of the molecule is COC[C@H](C)Oc1cc(NC(=O)c2ncc[nH]2)cc(Oc2ccc(S(C)(=O)=O)cc2)c1. The number of anilines is 1. The molecule has 0 saturated heterocycles. The first-order valence-corrected chi connectivity index (χ1v) is 11.2. The van der Waals surface area contributed by atoms with E-state index < -0.39 is 15.7 Å². The lowest BCUT2D eigenvalue weighted by Crippen LogP contribution is -2.18. The zero-order valence-electron chi connectivity index (χ0n) is 17.3. The molecule has 0 aliphatic heterocycles. The molecule has 2 N–H and O–H groups in total. The van der Waals surface area contributed by atoms with E-state index in [0.29, 0.717) is 29.5 Å². The molecule has 0 unspecified atom stereocenters. The maximum atomic E-state index is 12.3. The minimum atomic E-state index is -3.30. The second-order valence-electron chi connectivity index (χ2n) is 6.81. The highest BCUT2D eigenvalue weighted by Crippen LogP contribution is 2.31. The Morgan fingerprint density at radius 3 is 2.45 bits per heavy atom. The standard InChI is InChI=1S/C21H23N3O6S/c1-14(13-28-2)29-17-10-15(24-21(25)20-22-8-9-23-20)11-18(12-17)30-16-4-6-19(7-5-16)31(3,26)27/h4-12,14H,13H2,1-3H3,(H,22,23)(H,24,25)/t14-/m0/s1. The number of amides is 1. The van der Waals surface area contributed by atoms with Crippen molar-refractivity contribution in [2.75, 3.05) is 25.3 Å². The van der Waals surface area contributed by atoms with Crippen LogP contribution in [0.1, 0.15) is 17.5 Å². The molecule has 3 rings (SSSR count). The van der Waals surface area contributed by atoms with E-state index in [4.69, 9.17) is 14.2 Å². The van der Waals surface area contributed by atoms with Gasteiger partial charge < -0.3 is 24.5 Å². The Bertz CT molecular complexity index is 1130. The molecule has 1 atom stereocenters. The van der Waals surface area contributed by atoms with Gasteiger partial charge in [0.25, 0.3) is 5.91 Å². The van der Waals surface area contributed by atoms with E-state index in [2.05, 4.69) is 15.3 Å². The Morgan fingerprint density at radius 2 is 1.84 bits per heavy atom. The summed E-state index contributed by atoms with van der Waals surface area (Å²) in [5.74, 6) is 1.03. The second kappa shape index (κ2) is 9.63. The number of sulfone groups is 1. The van der Waals surface area contributed by atoms with Crippen molar-refractivity contribution in [1.29, 1.82) is 0 Å². The van der Waals surface area contributed by atoms with Gasteiger partial charge in [-0.15, -0.1) is 0 Å². The number of benzene rings is 2. The van der Waals surface area contributed by atoms with Crippen LogP contribution in [0.15, 0.2) is 59.8 Å². The highest BCUT2D eigenvalue weighted by atomic mass is 32.2. The van der Waals surface area contributed by atoms with Gasteiger partial charge in [-0.3, -0.25) is 4.79 Å². The quantitative estimate of drug-likeness (QED) is 0.519. The molecule has 164 valence electrons. The first-order valence-electron chi connectivity index (χ1n) is 9.34. The Labute approximate surface area is 180 Å². The predicted octanol–water partition coefficient (Wildman–Crippen LogP) is 3.27. The van der Waals surface area contributed by atoms with Gasteiger partial charge in [-0.25, -0.2) is 13.4 Å². The minimum absolute atomic E-state index is 0.165. The summed E-state index contributed by atoms with van der Waals surface area (Å²) in [4.78, 5) is 19.2. The largest absolute Gasteiger partial charge is 0.488 e. The fourth-order valence-electron chi connectivity index (χ4n) is 2.74. The Balaban J connectivity index is 1.85. The van der Waals surface area contributed by atoms with E-state index in [1.165, 1.54) is 18.3 Å². The summed E-state index contributed by atoms with van der Waals surface area (Å²) in [6, 6.07) is 11.0. The molecule has 0 saturated carbocycles. The number of carbonyl (C=O) groups excluding carboxylic acids is 1. The molecule has 0 fully saturated rings. The Kier molecular flexibility index (Phi) is 6.93. The maximum absolute atomic E-state index is 12.3. The maximum Gasteiger partial charge on any atom is 0.291 e. The third-order valence-corrected chi connectivity index (χ3v) is 5.21. The third-order valence-electron chi connectivity index (χ3n) is 4.08. The molecule has 9 nitrogen and oxygen atoms in total. The molecular formula is C21H23N3O6S. The molecule has 31 heavy (non-hydrogen) atoms. The number of carbonyl (C=O) groups is 1. The second-order valence-corrected chi connectivity index (χ2v) is 8.83. The number of H-pyrrole nitrogens is 1. The summed E-state index contributed by atoms with van der Waals surface area (Å²) in [7, 11) is -1.73. The number of methoxy groups -OCH3 is 1. The zero-order chi connectivity index (χ0) is 22.4. The van der Waals surface area contributed by atoms with E-state index in [0.717, 1.165) is 6.26 Å². The lowest BCUT2D eigenvalue weighted by Gasteiger charge is -2.16. The monoisotopic (exact) mass is 445 g/mol. The van der Waals surface area contributed by atoms with Crippen molar-refractivity contribution < 1.29 is 27.4 Å². The van der Waals surface area contributed by atoms with Crippen molar-refractivity contribution >= 4 is 21.4 Å². The summed E-state index contributed by atoms with van der Waals surface area (Å²) in [5, 5.41) is 2.74. The lowest BCUT2D eigenvalue weighted by atomic mass is 10.2. The van der Waals surface area contributed by atoms with Gasteiger partial charge in [-0.05, 0) is 31.2 Å². The fraction of sp³-hybridized carbons (Fsp3) is 0.238. The van der Waals surface area contributed by atoms with E-state index >= 15 is 0 Å². The number of ether oxygens (including phenoxy) is 3. The first-order chi connectivity index (χ1) is 14.7. The number of hydrogen-bond donors (Lipinski definition) is 2. The van der Waals surface area contributed by atoms with Crippen LogP contribution in [0.2, 0.25) is 0 Å². The van der Waals surface area contributed by atoms with E-state index in [9.17, 15) is 13.2 Å². The normalized spacial score (nSPS) is 12.2. The van der Waals surface area contributed by atoms with Gasteiger partial charge in [0, 0.05) is 49.6 Å². The van der Waals surface area contributed by atoms with Gasteiger partial charge in [-0.1, -0.05) is 0 Å². The van der Waals surface area contributed by atoms with Crippen LogP contribution in [0, 0.1) is 0 Å². The van der Waals surface area contributed by atoms with Gasteiger partial charge in [0.05, 0.1) is 11.5 Å². The average Bonchev–Trinajstić information content (AvgIpc) is 3.22. The van der Waals surface area contributed by atoms with Crippen LogP contribution >= 0.6 is 0 Å². The smallest absolute Gasteiger partial charge is 0.291 e. The Hall–Kier alpha value is -3.37. The van der Waals surface area contributed by atoms with Crippen LogP contribution in [-0.4, -0.2) is 50.4 Å². The summed E-state index contributed by atoms with van der Waals surface area (Å²) in [6.45, 7) is 2.23. The van der Waals surface area contributed by atoms with Gasteiger partial charge in [0.1, 0.15) is 23.4 Å². The number of nitrogens with zero attached hydrogens (tertiary/aromatic N) is 1. The van der Waals surface area contributed by atoms with Crippen molar-refractivity contribution in [3.05, 3.63) is 60.7 Å². The summed E-state index contributed by atoms with van der Waals surface area (Å²) in [6.07, 6.45) is 3.94. The predicted molar refractivity (Wildman–Crippen MR) is 115 cm³/mol. The molecule has 1 amide bonds. The van der Waals surface area contributed by atoms with E-state index in [1.54, 1.807) is 43.6 Å². The van der Waals surface area contributed by atoms with Gasteiger partial charge >= 0.3 is 0 Å². The molecule has 0 aliphatic rings. The van der Waals surface area contributed by atoms with Crippen LogP contribution in [-0.2, 0) is 14.6 Å². The highest BCUT2D eigenvalue weighted by molar-refractivity contribution is 7.90. The van der Waals surface area contributed by atoms with Crippen molar-refractivity contribution in [1.82, 2.24) is 9.97 Å². The van der Waals surface area contributed by atoms with E-state index in [1.807, 2.05) is 6.92 Å². The summed E-state index contributed by atoms with van der Waals surface area (Å²) >= 11 is 0. The average molecular weight is 445 g/mol. The van der Waals surface area contributed by atoms with Crippen molar-refractivity contribution in [2.24, 2.45) is 0 Å². The van der Waals surface area contributed by atoms with Crippen molar-refractivity contribution in [3.8, 4) is 17.2 Å². The van der Waals surface area contributed by atoms with Crippen LogP contribution in [0.25, 0.3) is 0 Å².